The van der Waals surface area contributed by atoms with Crippen LogP contribution in [-0.4, -0.2) is 55.0 Å². The van der Waals surface area contributed by atoms with Crippen molar-refractivity contribution in [2.75, 3.05) is 13.6 Å². The number of rotatable bonds is 8. The van der Waals surface area contributed by atoms with Crippen LogP contribution in [0.3, 0.4) is 0 Å². The zero-order chi connectivity index (χ0) is 25.9. The number of carbonyl (C=O) groups excluding carboxylic acids is 3. The summed E-state index contributed by atoms with van der Waals surface area (Å²) in [6.07, 6.45) is 0.221. The first kappa shape index (κ1) is 25.1. The van der Waals surface area contributed by atoms with Gasteiger partial charge in [0.25, 0.3) is 15.9 Å². The summed E-state index contributed by atoms with van der Waals surface area (Å²) in [5.41, 5.74) is 2.68. The zero-order valence-electron chi connectivity index (χ0n) is 20.0. The number of nitrogens with zero attached hydrogens (tertiary/aromatic N) is 2. The molecule has 0 aliphatic carbocycles. The second-order valence-electron chi connectivity index (χ2n) is 8.64. The maximum Gasteiger partial charge on any atom is 0.269 e. The molecule has 9 heteroatoms. The quantitative estimate of drug-likeness (QED) is 0.507. The van der Waals surface area contributed by atoms with Gasteiger partial charge in [-0.1, -0.05) is 72.3 Å². The molecule has 3 aromatic carbocycles. The number of aryl methyl sites for hydroxylation is 1. The van der Waals surface area contributed by atoms with Crippen molar-refractivity contribution in [3.05, 3.63) is 101 Å². The highest BCUT2D eigenvalue weighted by Crippen LogP contribution is 2.30. The minimum absolute atomic E-state index is 0.0301. The first-order valence-corrected chi connectivity index (χ1v) is 12.9. The highest BCUT2D eigenvalue weighted by Gasteiger charge is 2.43. The van der Waals surface area contributed by atoms with Crippen molar-refractivity contribution >= 4 is 27.7 Å². The second-order valence-corrected chi connectivity index (χ2v) is 10.5. The molecule has 186 valence electrons. The average molecular weight is 506 g/mol. The molecule has 0 spiro atoms. The molecule has 1 aliphatic heterocycles. The van der Waals surface area contributed by atoms with E-state index in [1.807, 2.05) is 61.5 Å². The van der Waals surface area contributed by atoms with Crippen LogP contribution in [0.2, 0.25) is 0 Å². The predicted molar refractivity (Wildman–Crippen MR) is 134 cm³/mol. The Labute approximate surface area is 210 Å². The third kappa shape index (κ3) is 5.01. The number of amides is 3. The van der Waals surface area contributed by atoms with Crippen molar-refractivity contribution in [1.82, 2.24) is 14.5 Å². The molecule has 0 fully saturated rings. The van der Waals surface area contributed by atoms with E-state index in [0.717, 1.165) is 16.7 Å². The fourth-order valence-electron chi connectivity index (χ4n) is 4.21. The smallest absolute Gasteiger partial charge is 0.269 e. The molecule has 8 nitrogen and oxygen atoms in total. The van der Waals surface area contributed by atoms with E-state index < -0.39 is 40.3 Å². The summed E-state index contributed by atoms with van der Waals surface area (Å²) in [4.78, 5) is 40.8. The van der Waals surface area contributed by atoms with Crippen LogP contribution in [0.25, 0.3) is 0 Å². The number of nitrogens with one attached hydrogen (secondary N) is 1. The van der Waals surface area contributed by atoms with E-state index in [9.17, 15) is 22.8 Å². The average Bonchev–Trinajstić information content (AvgIpc) is 3.08. The van der Waals surface area contributed by atoms with Crippen molar-refractivity contribution in [3.63, 3.8) is 0 Å². The molecule has 1 atom stereocenters. The minimum Gasteiger partial charge on any atom is -0.357 e. The predicted octanol–water partition coefficient (Wildman–Crippen LogP) is 2.53. The number of hydrogen-bond donors (Lipinski definition) is 1. The normalized spacial score (nSPS) is 14.7. The monoisotopic (exact) mass is 505 g/mol. The highest BCUT2D eigenvalue weighted by atomic mass is 32.2. The molecule has 0 saturated carbocycles. The lowest BCUT2D eigenvalue weighted by molar-refractivity contribution is -0.140. The fraction of sp³-hybridized carbons (Fsp3) is 0.222. The van der Waals surface area contributed by atoms with Gasteiger partial charge in [-0.15, -0.1) is 0 Å². The fourth-order valence-corrected chi connectivity index (χ4v) is 5.73. The van der Waals surface area contributed by atoms with E-state index >= 15 is 0 Å². The van der Waals surface area contributed by atoms with Crippen LogP contribution in [-0.2, 0) is 32.6 Å². The van der Waals surface area contributed by atoms with Gasteiger partial charge >= 0.3 is 0 Å². The molecule has 1 unspecified atom stereocenters. The highest BCUT2D eigenvalue weighted by molar-refractivity contribution is 7.90. The number of carbonyl (C=O) groups is 3. The van der Waals surface area contributed by atoms with E-state index in [1.54, 1.807) is 6.07 Å². The Kier molecular flexibility index (Phi) is 7.21. The standard InChI is InChI=1S/C27H27N3O5S/c1-19-12-14-21(15-13-19)17-29(23(26(32)28-2)16-20-8-4-3-5-9-20)25(31)18-30-27(33)22-10-6-7-11-24(22)36(30,34)35/h3-15,23H,16-18H2,1-2H3,(H,28,32). The van der Waals surface area contributed by atoms with Gasteiger partial charge in [-0.05, 0) is 30.2 Å². The summed E-state index contributed by atoms with van der Waals surface area (Å²) in [7, 11) is -2.69. The number of hydrogen-bond acceptors (Lipinski definition) is 5. The van der Waals surface area contributed by atoms with E-state index in [1.165, 1.54) is 30.1 Å². The number of benzene rings is 3. The molecule has 1 heterocycles. The van der Waals surface area contributed by atoms with E-state index in [4.69, 9.17) is 0 Å². The molecule has 1 aliphatic rings. The van der Waals surface area contributed by atoms with Gasteiger partial charge in [0.1, 0.15) is 17.5 Å². The summed E-state index contributed by atoms with van der Waals surface area (Å²) in [5.74, 6) is -1.79. The second kappa shape index (κ2) is 10.3. The first-order valence-electron chi connectivity index (χ1n) is 11.5. The minimum atomic E-state index is -4.18. The van der Waals surface area contributed by atoms with Crippen LogP contribution < -0.4 is 5.32 Å². The molecule has 0 saturated heterocycles. The van der Waals surface area contributed by atoms with Crippen LogP contribution in [0.1, 0.15) is 27.0 Å². The zero-order valence-corrected chi connectivity index (χ0v) is 20.9. The van der Waals surface area contributed by atoms with Crippen molar-refractivity contribution in [3.8, 4) is 0 Å². The Morgan fingerprint density at radius 1 is 0.917 bits per heavy atom. The Hall–Kier alpha value is -3.98. The van der Waals surface area contributed by atoms with Gasteiger partial charge in [-0.25, -0.2) is 12.7 Å². The lowest BCUT2D eigenvalue weighted by Crippen LogP contribution is -2.52. The van der Waals surface area contributed by atoms with Crippen LogP contribution in [0, 0.1) is 6.92 Å². The lowest BCUT2D eigenvalue weighted by atomic mass is 10.0. The van der Waals surface area contributed by atoms with Crippen molar-refractivity contribution in [2.24, 2.45) is 0 Å². The van der Waals surface area contributed by atoms with Gasteiger partial charge in [-0.3, -0.25) is 14.4 Å². The molecule has 1 N–H and O–H groups in total. The van der Waals surface area contributed by atoms with Crippen LogP contribution in [0.15, 0.2) is 83.8 Å². The lowest BCUT2D eigenvalue weighted by Gasteiger charge is -2.32. The molecule has 0 radical (unpaired) electrons. The van der Waals surface area contributed by atoms with Crippen molar-refractivity contribution in [1.29, 1.82) is 0 Å². The molecule has 0 bridgehead atoms. The molecule has 0 aromatic heterocycles. The third-order valence-corrected chi connectivity index (χ3v) is 7.97. The molecule has 3 amide bonds. The SMILES string of the molecule is CNC(=O)C(Cc1ccccc1)N(Cc1ccc(C)cc1)C(=O)CN1C(=O)c2ccccc2S1(=O)=O. The van der Waals surface area contributed by atoms with Crippen molar-refractivity contribution < 1.29 is 22.8 Å². The largest absolute Gasteiger partial charge is 0.357 e. The topological polar surface area (TPSA) is 104 Å². The first-order chi connectivity index (χ1) is 17.2. The number of sulfonamides is 1. The molecule has 36 heavy (non-hydrogen) atoms. The van der Waals surface area contributed by atoms with E-state index in [-0.39, 0.29) is 23.4 Å². The van der Waals surface area contributed by atoms with Crippen LogP contribution in [0.4, 0.5) is 0 Å². The Morgan fingerprint density at radius 3 is 2.19 bits per heavy atom. The Morgan fingerprint density at radius 2 is 1.56 bits per heavy atom. The molecule has 3 aromatic rings. The van der Waals surface area contributed by atoms with Gasteiger partial charge in [0.15, 0.2) is 0 Å². The Balaban J connectivity index is 1.69. The summed E-state index contributed by atoms with van der Waals surface area (Å²) < 4.78 is 26.7. The van der Waals surface area contributed by atoms with Crippen LogP contribution >= 0.6 is 0 Å². The summed E-state index contributed by atoms with van der Waals surface area (Å²) in [6, 6.07) is 21.7. The summed E-state index contributed by atoms with van der Waals surface area (Å²) >= 11 is 0. The van der Waals surface area contributed by atoms with Gasteiger partial charge < -0.3 is 10.2 Å². The maximum absolute atomic E-state index is 13.7. The molecular formula is C27H27N3O5S. The van der Waals surface area contributed by atoms with Gasteiger partial charge in [0.2, 0.25) is 11.8 Å². The summed E-state index contributed by atoms with van der Waals surface area (Å²) in [5, 5.41) is 2.62. The van der Waals surface area contributed by atoms with E-state index in [0.29, 0.717) is 4.31 Å². The van der Waals surface area contributed by atoms with Crippen molar-refractivity contribution in [2.45, 2.75) is 30.8 Å². The summed E-state index contributed by atoms with van der Waals surface area (Å²) in [6.45, 7) is 1.31. The third-order valence-electron chi connectivity index (χ3n) is 6.18. The van der Waals surface area contributed by atoms with Crippen LogP contribution in [0.5, 0.6) is 0 Å². The Bertz CT molecular complexity index is 1390. The van der Waals surface area contributed by atoms with Gasteiger partial charge in [0.05, 0.1) is 5.56 Å². The number of fused-ring (bicyclic) bond motifs is 1. The maximum atomic E-state index is 13.7. The van der Waals surface area contributed by atoms with Gasteiger partial charge in [-0.2, -0.15) is 0 Å². The van der Waals surface area contributed by atoms with E-state index in [2.05, 4.69) is 5.32 Å². The molecular weight excluding hydrogens is 478 g/mol. The molecule has 4 rings (SSSR count). The van der Waals surface area contributed by atoms with Gasteiger partial charge in [0, 0.05) is 20.0 Å². The number of likely N-dealkylation sites (N-methyl/N-ethyl adjacent to an activating group) is 1.